The zero-order valence-corrected chi connectivity index (χ0v) is 24.9. The van der Waals surface area contributed by atoms with Crippen LogP contribution in [0.2, 0.25) is 0 Å². The van der Waals surface area contributed by atoms with Gasteiger partial charge >= 0.3 is 6.03 Å². The molecule has 0 saturated carbocycles. The molecule has 14 heteroatoms. The molecule has 2 aliphatic heterocycles. The first-order chi connectivity index (χ1) is 20.5. The Hall–Kier alpha value is -3.00. The van der Waals surface area contributed by atoms with Crippen molar-refractivity contribution in [2.75, 3.05) is 70.5 Å². The largest absolute Gasteiger partial charge is 0.377 e. The minimum Gasteiger partial charge on any atom is -0.377 e. The number of nitrogens with one attached hydrogen (secondary N) is 4. The topological polar surface area (TPSA) is 173 Å². The molecule has 3 rings (SSSR count). The number of amides is 4. The van der Waals surface area contributed by atoms with Crippen molar-refractivity contribution in [3.63, 3.8) is 0 Å². The van der Waals surface area contributed by atoms with E-state index in [1.807, 2.05) is 11.8 Å². The summed E-state index contributed by atoms with van der Waals surface area (Å²) in [4.78, 5) is 38.6. The van der Waals surface area contributed by atoms with Gasteiger partial charge in [-0.2, -0.15) is 16.6 Å². The number of fused-ring (bicyclic) bond motifs is 1. The fraction of sp³-hybridized carbons (Fsp3) is 0.643. The molecule has 232 valence electrons. The monoisotopic (exact) mass is 606 g/mol. The van der Waals surface area contributed by atoms with E-state index in [0.717, 1.165) is 25.0 Å². The predicted octanol–water partition coefficient (Wildman–Crippen LogP) is 1.57. The highest BCUT2D eigenvalue weighted by molar-refractivity contribution is 8.00. The van der Waals surface area contributed by atoms with Crippen LogP contribution in [0.25, 0.3) is 5.53 Å². The number of unbranched alkanes of at least 4 members (excludes halogenated alkanes) is 1. The van der Waals surface area contributed by atoms with Crippen molar-refractivity contribution in [1.82, 2.24) is 16.0 Å². The number of anilines is 1. The number of thioether (sulfide) groups is 1. The first-order valence-corrected chi connectivity index (χ1v) is 15.4. The van der Waals surface area contributed by atoms with E-state index < -0.39 is 0 Å². The van der Waals surface area contributed by atoms with Gasteiger partial charge in [-0.1, -0.05) is 12.5 Å². The van der Waals surface area contributed by atoms with Crippen LogP contribution < -0.4 is 21.3 Å². The highest BCUT2D eigenvalue weighted by Gasteiger charge is 2.42. The van der Waals surface area contributed by atoms with Gasteiger partial charge in [0.1, 0.15) is 6.61 Å². The van der Waals surface area contributed by atoms with E-state index in [-0.39, 0.29) is 43.1 Å². The molecule has 42 heavy (non-hydrogen) atoms. The maximum absolute atomic E-state index is 12.0. The van der Waals surface area contributed by atoms with E-state index in [0.29, 0.717) is 74.8 Å². The zero-order chi connectivity index (χ0) is 30.0. The maximum atomic E-state index is 12.0. The molecule has 4 N–H and O–H groups in total. The number of nitrogens with zero attached hydrogens (tertiary/aromatic N) is 2. The first-order valence-electron chi connectivity index (χ1n) is 14.3. The van der Waals surface area contributed by atoms with Crippen LogP contribution in [-0.2, 0) is 28.5 Å². The molecular formula is C28H42N6O7S. The molecule has 2 fully saturated rings. The van der Waals surface area contributed by atoms with E-state index in [9.17, 15) is 14.4 Å². The zero-order valence-electron chi connectivity index (χ0n) is 24.1. The second-order valence-corrected chi connectivity index (χ2v) is 11.2. The fourth-order valence-corrected chi connectivity index (χ4v) is 6.07. The van der Waals surface area contributed by atoms with Crippen molar-refractivity contribution in [2.45, 2.75) is 49.9 Å². The minimum atomic E-state index is -0.291. The molecule has 0 radical (unpaired) electrons. The summed E-state index contributed by atoms with van der Waals surface area (Å²) in [7, 11) is 0. The summed E-state index contributed by atoms with van der Waals surface area (Å²) in [6.07, 6.45) is 3.29. The Morgan fingerprint density at radius 1 is 1.00 bits per heavy atom. The van der Waals surface area contributed by atoms with Gasteiger partial charge in [-0.15, -0.1) is 0 Å². The third-order valence-electron chi connectivity index (χ3n) is 6.71. The molecular weight excluding hydrogens is 564 g/mol. The number of rotatable bonds is 21. The van der Waals surface area contributed by atoms with Crippen LogP contribution >= 0.6 is 11.8 Å². The molecule has 1 aromatic rings. The number of urea groups is 1. The Kier molecular flexibility index (Phi) is 15.3. The summed E-state index contributed by atoms with van der Waals surface area (Å²) in [5.74, 6) is 0.688. The summed E-state index contributed by atoms with van der Waals surface area (Å²) < 4.78 is 21.7. The summed E-state index contributed by atoms with van der Waals surface area (Å²) >= 11 is 1.89. The smallest absolute Gasteiger partial charge is 0.315 e. The number of carbonyl (C=O) groups excluding carboxylic acids is 3. The van der Waals surface area contributed by atoms with E-state index in [2.05, 4.69) is 26.1 Å². The van der Waals surface area contributed by atoms with Crippen LogP contribution in [0.5, 0.6) is 0 Å². The van der Waals surface area contributed by atoms with Gasteiger partial charge in [-0.3, -0.25) is 9.59 Å². The van der Waals surface area contributed by atoms with E-state index >= 15 is 0 Å². The molecule has 3 atom stereocenters. The third-order valence-corrected chi connectivity index (χ3v) is 8.22. The van der Waals surface area contributed by atoms with Gasteiger partial charge < -0.3 is 45.7 Å². The quantitative estimate of drug-likeness (QED) is 0.0537. The van der Waals surface area contributed by atoms with Crippen LogP contribution in [0.1, 0.15) is 38.2 Å². The number of carbonyl (C=O) groups is 3. The Balaban J connectivity index is 1.04. The average Bonchev–Trinajstić information content (AvgIpc) is 3.54. The van der Waals surface area contributed by atoms with Crippen molar-refractivity contribution in [3.05, 3.63) is 35.4 Å². The van der Waals surface area contributed by atoms with Gasteiger partial charge in [-0.05, 0) is 31.0 Å². The summed E-state index contributed by atoms with van der Waals surface area (Å²) in [6.45, 7) is 4.73. The number of hydrogen-bond acceptors (Lipinski definition) is 8. The normalized spacial score (nSPS) is 19.0. The lowest BCUT2D eigenvalue weighted by atomic mass is 10.0. The van der Waals surface area contributed by atoms with Crippen molar-refractivity contribution in [2.24, 2.45) is 0 Å². The standard InChI is InChI=1S/C28H42N6O7S/c1-20(34-29)21-5-4-6-22(17-21)31-26(36)18-41-16-15-40-14-13-39-12-11-38-10-9-30-25(35)8-3-2-7-24-27-23(19-42-24)32-28(37)33-27/h4-6,17,23-24,27H,2-3,7-16,18-19H2,1H3,(H,30,35)(H,31,36)(H2,32,33,37). The van der Waals surface area contributed by atoms with E-state index in [4.69, 9.17) is 24.5 Å². The second kappa shape index (κ2) is 19.2. The van der Waals surface area contributed by atoms with Gasteiger partial charge in [0.15, 0.2) is 0 Å². The van der Waals surface area contributed by atoms with Crippen molar-refractivity contribution < 1.29 is 38.1 Å². The highest BCUT2D eigenvalue weighted by Crippen LogP contribution is 2.33. The van der Waals surface area contributed by atoms with Crippen molar-refractivity contribution >= 4 is 41.0 Å². The molecule has 0 aromatic heterocycles. The summed E-state index contributed by atoms with van der Waals surface area (Å²) in [5.41, 5.74) is 10.6. The van der Waals surface area contributed by atoms with Crippen LogP contribution in [0.4, 0.5) is 10.5 Å². The van der Waals surface area contributed by atoms with Crippen molar-refractivity contribution in [3.8, 4) is 0 Å². The lowest BCUT2D eigenvalue weighted by Crippen LogP contribution is -2.36. The highest BCUT2D eigenvalue weighted by atomic mass is 32.2. The molecule has 0 aliphatic carbocycles. The lowest BCUT2D eigenvalue weighted by Gasteiger charge is -2.16. The minimum absolute atomic E-state index is 0.0268. The van der Waals surface area contributed by atoms with Gasteiger partial charge in [0.05, 0.1) is 63.9 Å². The Morgan fingerprint density at radius 3 is 2.45 bits per heavy atom. The number of hydrogen-bond donors (Lipinski definition) is 4. The maximum Gasteiger partial charge on any atom is 0.315 e. The fourth-order valence-electron chi connectivity index (χ4n) is 4.53. The molecule has 4 amide bonds. The molecule has 1 aromatic carbocycles. The molecule has 2 saturated heterocycles. The van der Waals surface area contributed by atoms with Gasteiger partial charge in [-0.25, -0.2) is 4.79 Å². The summed E-state index contributed by atoms with van der Waals surface area (Å²) in [6, 6.07) is 7.38. The predicted molar refractivity (Wildman–Crippen MR) is 159 cm³/mol. The van der Waals surface area contributed by atoms with Crippen LogP contribution in [0.3, 0.4) is 0 Å². The average molecular weight is 607 g/mol. The molecule has 0 spiro atoms. The molecule has 0 bridgehead atoms. The summed E-state index contributed by atoms with van der Waals surface area (Å²) in [5, 5.41) is 12.0. The van der Waals surface area contributed by atoms with E-state index in [1.165, 1.54) is 0 Å². The van der Waals surface area contributed by atoms with Gasteiger partial charge in [0.25, 0.3) is 5.71 Å². The van der Waals surface area contributed by atoms with Gasteiger partial charge in [0, 0.05) is 36.6 Å². The van der Waals surface area contributed by atoms with Gasteiger partial charge in [0.2, 0.25) is 11.8 Å². The SMILES string of the molecule is CC(=[N+]=[N-])c1cccc(NC(=O)COCCOCCOCCOCCNC(=O)CCCCC2SCC3NC(=O)NC32)c1. The molecule has 13 nitrogen and oxygen atoms in total. The van der Waals surface area contributed by atoms with Crippen LogP contribution in [-0.4, -0.2) is 111 Å². The van der Waals surface area contributed by atoms with Crippen molar-refractivity contribution in [1.29, 1.82) is 0 Å². The molecule has 2 aliphatic rings. The molecule has 2 heterocycles. The Labute approximate surface area is 250 Å². The Bertz CT molecular complexity index is 1070. The number of benzene rings is 1. The first kappa shape index (κ1) is 33.5. The molecule has 3 unspecified atom stereocenters. The van der Waals surface area contributed by atoms with Crippen LogP contribution in [0, 0.1) is 0 Å². The van der Waals surface area contributed by atoms with Crippen LogP contribution in [0.15, 0.2) is 24.3 Å². The number of ether oxygens (including phenoxy) is 4. The Morgan fingerprint density at radius 2 is 1.71 bits per heavy atom. The second-order valence-electron chi connectivity index (χ2n) is 9.92. The third kappa shape index (κ3) is 12.5. The van der Waals surface area contributed by atoms with E-state index in [1.54, 1.807) is 31.2 Å². The lowest BCUT2D eigenvalue weighted by molar-refractivity contribution is -0.122.